The van der Waals surface area contributed by atoms with Gasteiger partial charge in [0, 0.05) is 12.6 Å². The predicted molar refractivity (Wildman–Crippen MR) is 91.5 cm³/mol. The second kappa shape index (κ2) is 7.76. The number of benzene rings is 2. The summed E-state index contributed by atoms with van der Waals surface area (Å²) in [5, 5.41) is 2.91. The van der Waals surface area contributed by atoms with Gasteiger partial charge >= 0.3 is 0 Å². The SMILES string of the molecule is CC(C)NC(=O)CN(C)Cc1ccc(-c2ccccc2)cc1. The Bertz CT molecular complexity index is 591. The summed E-state index contributed by atoms with van der Waals surface area (Å²) in [4.78, 5) is 13.8. The molecule has 0 aliphatic heterocycles. The lowest BCUT2D eigenvalue weighted by molar-refractivity contribution is -0.122. The topological polar surface area (TPSA) is 32.3 Å². The van der Waals surface area contributed by atoms with Gasteiger partial charge in [-0.05, 0) is 37.6 Å². The van der Waals surface area contributed by atoms with Crippen LogP contribution in [0.3, 0.4) is 0 Å². The third-order valence-corrected chi connectivity index (χ3v) is 3.38. The van der Waals surface area contributed by atoms with Crippen LogP contribution in [-0.2, 0) is 11.3 Å². The van der Waals surface area contributed by atoms with Gasteiger partial charge in [-0.15, -0.1) is 0 Å². The van der Waals surface area contributed by atoms with Gasteiger partial charge in [-0.25, -0.2) is 0 Å². The van der Waals surface area contributed by atoms with Gasteiger partial charge in [0.05, 0.1) is 6.54 Å². The average Bonchev–Trinajstić information content (AvgIpc) is 2.47. The summed E-state index contributed by atoms with van der Waals surface area (Å²) in [7, 11) is 1.96. The molecule has 1 N–H and O–H groups in total. The van der Waals surface area contributed by atoms with Crippen molar-refractivity contribution in [2.45, 2.75) is 26.4 Å². The zero-order chi connectivity index (χ0) is 15.9. The highest BCUT2D eigenvalue weighted by Gasteiger charge is 2.08. The van der Waals surface area contributed by atoms with E-state index in [2.05, 4.69) is 41.7 Å². The first-order valence-electron chi connectivity index (χ1n) is 7.67. The first-order chi connectivity index (χ1) is 10.5. The maximum absolute atomic E-state index is 11.7. The lowest BCUT2D eigenvalue weighted by Crippen LogP contribution is -2.38. The van der Waals surface area contributed by atoms with Gasteiger partial charge in [0.1, 0.15) is 0 Å². The van der Waals surface area contributed by atoms with E-state index in [0.717, 1.165) is 6.54 Å². The summed E-state index contributed by atoms with van der Waals surface area (Å²) < 4.78 is 0. The molecule has 1 amide bonds. The molecule has 0 bridgehead atoms. The Hall–Kier alpha value is -2.13. The minimum atomic E-state index is 0.0680. The molecule has 3 nitrogen and oxygen atoms in total. The van der Waals surface area contributed by atoms with Crippen molar-refractivity contribution in [2.75, 3.05) is 13.6 Å². The normalized spacial score (nSPS) is 11.0. The smallest absolute Gasteiger partial charge is 0.234 e. The number of amides is 1. The van der Waals surface area contributed by atoms with Crippen molar-refractivity contribution in [3.05, 3.63) is 60.2 Å². The first-order valence-corrected chi connectivity index (χ1v) is 7.67. The molecule has 0 radical (unpaired) electrons. The Morgan fingerprint density at radius 1 is 1.00 bits per heavy atom. The molecule has 0 aliphatic rings. The van der Waals surface area contributed by atoms with Crippen LogP contribution < -0.4 is 5.32 Å². The van der Waals surface area contributed by atoms with Crippen LogP contribution in [-0.4, -0.2) is 30.4 Å². The quantitative estimate of drug-likeness (QED) is 0.887. The third kappa shape index (κ3) is 5.01. The molecular formula is C19H24N2O. The molecule has 2 aromatic rings. The highest BCUT2D eigenvalue weighted by Crippen LogP contribution is 2.19. The fraction of sp³-hybridized carbons (Fsp3) is 0.316. The lowest BCUT2D eigenvalue weighted by Gasteiger charge is -2.17. The van der Waals surface area contributed by atoms with E-state index in [1.807, 2.05) is 44.0 Å². The maximum atomic E-state index is 11.7. The number of carbonyl (C=O) groups is 1. The second-order valence-electron chi connectivity index (χ2n) is 5.96. The number of nitrogens with one attached hydrogen (secondary N) is 1. The minimum Gasteiger partial charge on any atom is -0.353 e. The van der Waals surface area contributed by atoms with Gasteiger partial charge in [0.2, 0.25) is 5.91 Å². The van der Waals surface area contributed by atoms with Crippen molar-refractivity contribution >= 4 is 5.91 Å². The fourth-order valence-electron chi connectivity index (χ4n) is 2.41. The van der Waals surface area contributed by atoms with Crippen molar-refractivity contribution in [3.8, 4) is 11.1 Å². The Labute approximate surface area is 133 Å². The fourth-order valence-corrected chi connectivity index (χ4v) is 2.41. The van der Waals surface area contributed by atoms with Crippen molar-refractivity contribution in [2.24, 2.45) is 0 Å². The van der Waals surface area contributed by atoms with E-state index in [1.54, 1.807) is 0 Å². The van der Waals surface area contributed by atoms with Crippen LogP contribution >= 0.6 is 0 Å². The molecule has 0 saturated carbocycles. The highest BCUT2D eigenvalue weighted by atomic mass is 16.2. The van der Waals surface area contributed by atoms with Crippen LogP contribution in [0.4, 0.5) is 0 Å². The Morgan fingerprint density at radius 3 is 2.18 bits per heavy atom. The summed E-state index contributed by atoms with van der Waals surface area (Å²) in [5.74, 6) is 0.0680. The number of nitrogens with zero attached hydrogens (tertiary/aromatic N) is 1. The maximum Gasteiger partial charge on any atom is 0.234 e. The molecule has 0 aliphatic carbocycles. The monoisotopic (exact) mass is 296 g/mol. The summed E-state index contributed by atoms with van der Waals surface area (Å²) in [5.41, 5.74) is 3.64. The molecular weight excluding hydrogens is 272 g/mol. The van der Waals surface area contributed by atoms with Crippen LogP contribution in [0.2, 0.25) is 0 Å². The van der Waals surface area contributed by atoms with E-state index < -0.39 is 0 Å². The summed E-state index contributed by atoms with van der Waals surface area (Å²) in [6.07, 6.45) is 0. The first kappa shape index (κ1) is 16.2. The van der Waals surface area contributed by atoms with Gasteiger partial charge in [-0.2, -0.15) is 0 Å². The van der Waals surface area contributed by atoms with Crippen LogP contribution in [0, 0.1) is 0 Å². The lowest BCUT2D eigenvalue weighted by atomic mass is 10.0. The average molecular weight is 296 g/mol. The molecule has 22 heavy (non-hydrogen) atoms. The van der Waals surface area contributed by atoms with Gasteiger partial charge < -0.3 is 5.32 Å². The number of likely N-dealkylation sites (N-methyl/N-ethyl adjacent to an activating group) is 1. The molecule has 0 fully saturated rings. The number of carbonyl (C=O) groups excluding carboxylic acids is 1. The standard InChI is InChI=1S/C19H24N2O/c1-15(2)20-19(22)14-21(3)13-16-9-11-18(12-10-16)17-7-5-4-6-8-17/h4-12,15H,13-14H2,1-3H3,(H,20,22). The van der Waals surface area contributed by atoms with Gasteiger partial charge in [0.15, 0.2) is 0 Å². The van der Waals surface area contributed by atoms with Crippen molar-refractivity contribution in [1.82, 2.24) is 10.2 Å². The highest BCUT2D eigenvalue weighted by molar-refractivity contribution is 5.78. The Kier molecular flexibility index (Phi) is 5.73. The zero-order valence-electron chi connectivity index (χ0n) is 13.5. The van der Waals surface area contributed by atoms with Crippen LogP contribution in [0.25, 0.3) is 11.1 Å². The second-order valence-corrected chi connectivity index (χ2v) is 5.96. The van der Waals surface area contributed by atoms with Gasteiger partial charge in [-0.1, -0.05) is 54.6 Å². The van der Waals surface area contributed by atoms with Crippen LogP contribution in [0.5, 0.6) is 0 Å². The van der Waals surface area contributed by atoms with E-state index in [1.165, 1.54) is 16.7 Å². The van der Waals surface area contributed by atoms with E-state index in [4.69, 9.17) is 0 Å². The molecule has 2 rings (SSSR count). The predicted octanol–water partition coefficient (Wildman–Crippen LogP) is 3.31. The van der Waals surface area contributed by atoms with Crippen LogP contribution in [0.1, 0.15) is 19.4 Å². The molecule has 0 aromatic heterocycles. The van der Waals surface area contributed by atoms with Crippen molar-refractivity contribution in [1.29, 1.82) is 0 Å². The molecule has 0 unspecified atom stereocenters. The number of rotatable bonds is 6. The van der Waals surface area contributed by atoms with Gasteiger partial charge in [0.25, 0.3) is 0 Å². The number of hydrogen-bond donors (Lipinski definition) is 1. The van der Waals surface area contributed by atoms with Gasteiger partial charge in [-0.3, -0.25) is 9.69 Å². The van der Waals surface area contributed by atoms with Crippen LogP contribution in [0.15, 0.2) is 54.6 Å². The molecule has 0 heterocycles. The summed E-state index contributed by atoms with van der Waals surface area (Å²) >= 11 is 0. The summed E-state index contributed by atoms with van der Waals surface area (Å²) in [6, 6.07) is 19.0. The van der Waals surface area contributed by atoms with E-state index in [-0.39, 0.29) is 11.9 Å². The Balaban J connectivity index is 1.92. The van der Waals surface area contributed by atoms with E-state index in [9.17, 15) is 4.79 Å². The molecule has 3 heteroatoms. The zero-order valence-corrected chi connectivity index (χ0v) is 13.5. The van der Waals surface area contributed by atoms with E-state index >= 15 is 0 Å². The van der Waals surface area contributed by atoms with E-state index in [0.29, 0.717) is 6.54 Å². The Morgan fingerprint density at radius 2 is 1.59 bits per heavy atom. The molecule has 0 atom stereocenters. The largest absolute Gasteiger partial charge is 0.353 e. The van der Waals surface area contributed by atoms with Crippen molar-refractivity contribution in [3.63, 3.8) is 0 Å². The third-order valence-electron chi connectivity index (χ3n) is 3.38. The minimum absolute atomic E-state index is 0.0680. The van der Waals surface area contributed by atoms with Crippen molar-refractivity contribution < 1.29 is 4.79 Å². The molecule has 2 aromatic carbocycles. The summed E-state index contributed by atoms with van der Waals surface area (Å²) in [6.45, 7) is 5.12. The molecule has 116 valence electrons. The number of hydrogen-bond acceptors (Lipinski definition) is 2. The molecule has 0 saturated heterocycles. The molecule has 0 spiro atoms.